The molecule has 0 spiro atoms. The van der Waals surface area contributed by atoms with Crippen LogP contribution >= 0.6 is 0 Å². The van der Waals surface area contributed by atoms with E-state index in [0.717, 1.165) is 30.6 Å². The maximum absolute atomic E-state index is 13.0. The second-order valence-corrected chi connectivity index (χ2v) is 9.10. The number of nitrogens with one attached hydrogen (secondary N) is 3. The first-order chi connectivity index (χ1) is 14.7. The number of fused-ring (bicyclic) bond motifs is 1. The maximum Gasteiger partial charge on any atom is 0.258 e. The van der Waals surface area contributed by atoms with Crippen LogP contribution in [0.4, 0.5) is 17.5 Å². The van der Waals surface area contributed by atoms with Gasteiger partial charge < -0.3 is 15.5 Å². The fourth-order valence-electron chi connectivity index (χ4n) is 4.62. The Kier molecular flexibility index (Phi) is 5.56. The van der Waals surface area contributed by atoms with Crippen molar-refractivity contribution < 1.29 is 9.59 Å². The zero-order valence-corrected chi connectivity index (χ0v) is 18.4. The van der Waals surface area contributed by atoms with Crippen LogP contribution in [0.2, 0.25) is 0 Å². The summed E-state index contributed by atoms with van der Waals surface area (Å²) in [6, 6.07) is 5.61. The molecule has 0 saturated carbocycles. The van der Waals surface area contributed by atoms with Gasteiger partial charge in [-0.15, -0.1) is 0 Å². The molecule has 1 aromatic heterocycles. The van der Waals surface area contributed by atoms with E-state index in [-0.39, 0.29) is 35.2 Å². The highest BCUT2D eigenvalue weighted by atomic mass is 16.2. The third kappa shape index (κ3) is 4.33. The predicted molar refractivity (Wildman–Crippen MR) is 121 cm³/mol. The fourth-order valence-corrected chi connectivity index (χ4v) is 4.62. The van der Waals surface area contributed by atoms with E-state index in [0.29, 0.717) is 23.5 Å². The Morgan fingerprint density at radius 3 is 2.52 bits per heavy atom. The van der Waals surface area contributed by atoms with Crippen molar-refractivity contribution in [2.24, 2.45) is 11.8 Å². The molecule has 8 nitrogen and oxygen atoms in total. The normalized spacial score (nSPS) is 23.2. The number of hydrogen-bond acceptors (Lipinski definition) is 5. The highest BCUT2D eigenvalue weighted by Gasteiger charge is 2.35. The molecule has 164 valence electrons. The fraction of sp³-hybridized carbons (Fsp3) is 0.478. The number of hydrogen-bond donors (Lipinski definition) is 3. The van der Waals surface area contributed by atoms with E-state index < -0.39 is 5.92 Å². The number of H-pyrrole nitrogens is 1. The maximum atomic E-state index is 13.0. The van der Waals surface area contributed by atoms with E-state index in [9.17, 15) is 14.4 Å². The number of aromatic nitrogens is 2. The summed E-state index contributed by atoms with van der Waals surface area (Å²) >= 11 is 0. The summed E-state index contributed by atoms with van der Waals surface area (Å²) in [6.45, 7) is 9.89. The summed E-state index contributed by atoms with van der Waals surface area (Å²) in [5, 5.41) is 5.54. The number of aromatic amines is 1. The van der Waals surface area contributed by atoms with E-state index in [1.165, 1.54) is 0 Å². The van der Waals surface area contributed by atoms with Crippen molar-refractivity contribution in [3.05, 3.63) is 45.2 Å². The minimum absolute atomic E-state index is 0.0917. The van der Waals surface area contributed by atoms with Crippen LogP contribution in [0.1, 0.15) is 49.3 Å². The van der Waals surface area contributed by atoms with E-state index in [1.807, 2.05) is 36.9 Å². The molecule has 2 aliphatic rings. The summed E-state index contributed by atoms with van der Waals surface area (Å²) in [7, 11) is 0. The quantitative estimate of drug-likeness (QED) is 0.704. The van der Waals surface area contributed by atoms with Gasteiger partial charge in [-0.1, -0.05) is 19.9 Å². The van der Waals surface area contributed by atoms with Crippen LogP contribution in [0, 0.1) is 25.7 Å². The minimum atomic E-state index is -0.894. The molecule has 2 aromatic rings. The van der Waals surface area contributed by atoms with Gasteiger partial charge in [-0.3, -0.25) is 19.4 Å². The zero-order chi connectivity index (χ0) is 22.3. The van der Waals surface area contributed by atoms with Gasteiger partial charge in [0.05, 0.1) is 11.5 Å². The molecule has 0 radical (unpaired) electrons. The van der Waals surface area contributed by atoms with E-state index in [4.69, 9.17) is 0 Å². The Labute approximate surface area is 181 Å². The average Bonchev–Trinajstić information content (AvgIpc) is 2.69. The average molecular weight is 424 g/mol. The van der Waals surface area contributed by atoms with Crippen LogP contribution in [0.3, 0.4) is 0 Å². The van der Waals surface area contributed by atoms with Gasteiger partial charge in [0.15, 0.2) is 0 Å². The molecular weight excluding hydrogens is 394 g/mol. The van der Waals surface area contributed by atoms with Crippen LogP contribution in [0.25, 0.3) is 0 Å². The summed E-state index contributed by atoms with van der Waals surface area (Å²) in [6.07, 6.45) is 1.04. The first kappa shape index (κ1) is 21.1. The monoisotopic (exact) mass is 423 g/mol. The molecule has 31 heavy (non-hydrogen) atoms. The molecule has 0 bridgehead atoms. The SMILES string of the molecule is Cc1ccc(NC(=O)[C@@H]2CC(=O)Nc3nc(N4C[C@@H](C)C[C@H](C)C4)[nH]c(=O)c32)cc1C. The lowest BCUT2D eigenvalue weighted by Gasteiger charge is -2.35. The number of amides is 2. The number of carbonyl (C=O) groups excluding carboxylic acids is 2. The van der Waals surface area contributed by atoms with Crippen molar-refractivity contribution in [2.45, 2.75) is 46.5 Å². The molecule has 8 heteroatoms. The third-order valence-corrected chi connectivity index (χ3v) is 6.20. The van der Waals surface area contributed by atoms with Gasteiger partial charge in [0.25, 0.3) is 5.56 Å². The molecule has 0 aliphatic carbocycles. The molecule has 1 fully saturated rings. The van der Waals surface area contributed by atoms with Gasteiger partial charge in [0.2, 0.25) is 17.8 Å². The van der Waals surface area contributed by atoms with Crippen LogP contribution in [0.15, 0.2) is 23.0 Å². The van der Waals surface area contributed by atoms with Crippen LogP contribution in [-0.4, -0.2) is 34.9 Å². The van der Waals surface area contributed by atoms with Crippen molar-refractivity contribution in [3.8, 4) is 0 Å². The summed E-state index contributed by atoms with van der Waals surface area (Å²) in [5.74, 6) is -0.0160. The van der Waals surface area contributed by atoms with Crippen LogP contribution in [0.5, 0.6) is 0 Å². The lowest BCUT2D eigenvalue weighted by atomic mass is 9.91. The lowest BCUT2D eigenvalue weighted by Crippen LogP contribution is -2.42. The number of nitrogens with zero attached hydrogens (tertiary/aromatic N) is 2. The second kappa shape index (κ2) is 8.17. The molecular formula is C23H29N5O3. The number of aryl methyl sites for hydroxylation is 2. The largest absolute Gasteiger partial charge is 0.342 e. The molecule has 2 aliphatic heterocycles. The number of benzene rings is 1. The summed E-state index contributed by atoms with van der Waals surface area (Å²) in [5.41, 5.74) is 2.63. The molecule has 3 atom stereocenters. The predicted octanol–water partition coefficient (Wildman–Crippen LogP) is 2.93. The Morgan fingerprint density at radius 1 is 1.13 bits per heavy atom. The number of anilines is 3. The molecule has 1 aromatic carbocycles. The van der Waals surface area contributed by atoms with Crippen molar-refractivity contribution in [1.82, 2.24) is 9.97 Å². The first-order valence-corrected chi connectivity index (χ1v) is 10.8. The summed E-state index contributed by atoms with van der Waals surface area (Å²) in [4.78, 5) is 47.8. The van der Waals surface area contributed by atoms with Gasteiger partial charge in [-0.25, -0.2) is 0 Å². The van der Waals surface area contributed by atoms with Gasteiger partial charge >= 0.3 is 0 Å². The molecule has 1 saturated heterocycles. The molecule has 3 N–H and O–H groups in total. The third-order valence-electron chi connectivity index (χ3n) is 6.20. The Morgan fingerprint density at radius 2 is 1.84 bits per heavy atom. The minimum Gasteiger partial charge on any atom is -0.342 e. The van der Waals surface area contributed by atoms with Crippen LogP contribution in [-0.2, 0) is 9.59 Å². The molecule has 2 amide bonds. The summed E-state index contributed by atoms with van der Waals surface area (Å²) < 4.78 is 0. The van der Waals surface area contributed by atoms with Crippen molar-refractivity contribution in [1.29, 1.82) is 0 Å². The van der Waals surface area contributed by atoms with Gasteiger partial charge in [0.1, 0.15) is 5.82 Å². The van der Waals surface area contributed by atoms with E-state index in [1.54, 1.807) is 0 Å². The van der Waals surface area contributed by atoms with Gasteiger partial charge in [0, 0.05) is 25.2 Å². The molecule has 4 rings (SSSR count). The Hall–Kier alpha value is -3.16. The Bertz CT molecular complexity index is 1080. The zero-order valence-electron chi connectivity index (χ0n) is 18.4. The topological polar surface area (TPSA) is 107 Å². The van der Waals surface area contributed by atoms with E-state index >= 15 is 0 Å². The van der Waals surface area contributed by atoms with Crippen molar-refractivity contribution in [2.75, 3.05) is 28.6 Å². The van der Waals surface area contributed by atoms with Gasteiger partial charge in [-0.05, 0) is 55.4 Å². The molecule has 3 heterocycles. The standard InChI is InChI=1S/C23H29N5O3/c1-12-7-13(2)11-28(10-12)23-26-20-19(22(31)27-23)17(9-18(29)25-20)21(30)24-16-6-5-14(3)15(4)8-16/h5-6,8,12-13,17H,7,9-11H2,1-4H3,(H,24,30)(H2,25,26,27,29,31)/t12-,13-,17+/m0/s1. The lowest BCUT2D eigenvalue weighted by molar-refractivity contribution is -0.123. The number of rotatable bonds is 3. The van der Waals surface area contributed by atoms with E-state index in [2.05, 4.69) is 34.4 Å². The second-order valence-electron chi connectivity index (χ2n) is 9.10. The smallest absolute Gasteiger partial charge is 0.258 e. The highest BCUT2D eigenvalue weighted by molar-refractivity contribution is 6.04. The van der Waals surface area contributed by atoms with Gasteiger partial charge in [-0.2, -0.15) is 4.98 Å². The molecule has 0 unspecified atom stereocenters. The highest BCUT2D eigenvalue weighted by Crippen LogP contribution is 2.31. The van der Waals surface area contributed by atoms with Crippen molar-refractivity contribution in [3.63, 3.8) is 0 Å². The number of carbonyl (C=O) groups is 2. The Balaban J connectivity index is 1.64. The van der Waals surface area contributed by atoms with Crippen molar-refractivity contribution >= 4 is 29.3 Å². The number of piperidine rings is 1. The first-order valence-electron chi connectivity index (χ1n) is 10.8. The van der Waals surface area contributed by atoms with Crippen LogP contribution < -0.4 is 21.1 Å².